The average molecular weight is 278 g/mol. The molecule has 0 bridgehead atoms. The van der Waals surface area contributed by atoms with Gasteiger partial charge in [-0.2, -0.15) is 5.10 Å². The van der Waals surface area contributed by atoms with Gasteiger partial charge < -0.3 is 15.8 Å². The second kappa shape index (κ2) is 4.77. The van der Waals surface area contributed by atoms with E-state index >= 15 is 0 Å². The highest BCUT2D eigenvalue weighted by atomic mass is 16.5. The Morgan fingerprint density at radius 1 is 1.65 bits per heavy atom. The zero-order valence-electron chi connectivity index (χ0n) is 12.0. The number of aromatic nitrogens is 2. The lowest BCUT2D eigenvalue weighted by Gasteiger charge is -2.60. The van der Waals surface area contributed by atoms with Crippen LogP contribution in [0.1, 0.15) is 26.7 Å². The van der Waals surface area contributed by atoms with Crippen molar-refractivity contribution >= 4 is 11.6 Å². The molecule has 0 spiro atoms. The highest BCUT2D eigenvalue weighted by Crippen LogP contribution is 2.52. The number of anilines is 1. The normalized spacial score (nSPS) is 31.2. The Hall–Kier alpha value is -1.56. The number of fused-ring (bicyclic) bond motifs is 1. The molecule has 110 valence electrons. The quantitative estimate of drug-likeness (QED) is 0.860. The van der Waals surface area contributed by atoms with Crippen LogP contribution in [0.4, 0.5) is 5.69 Å². The van der Waals surface area contributed by atoms with Gasteiger partial charge in [-0.05, 0) is 12.8 Å². The third-order valence-electron chi connectivity index (χ3n) is 4.60. The summed E-state index contributed by atoms with van der Waals surface area (Å²) in [7, 11) is 0. The first-order valence-electron chi connectivity index (χ1n) is 7.17. The summed E-state index contributed by atoms with van der Waals surface area (Å²) in [6.07, 6.45) is 6.28. The van der Waals surface area contributed by atoms with E-state index in [1.54, 1.807) is 10.9 Å². The summed E-state index contributed by atoms with van der Waals surface area (Å²) in [4.78, 5) is 10.9. The smallest absolute Gasteiger partial charge is 0.239 e. The topological polar surface area (TPSA) is 82.2 Å². The van der Waals surface area contributed by atoms with E-state index in [0.29, 0.717) is 18.1 Å². The molecule has 1 amide bonds. The summed E-state index contributed by atoms with van der Waals surface area (Å²) in [6.45, 7) is 5.48. The molecule has 1 aliphatic carbocycles. The lowest BCUT2D eigenvalue weighted by Crippen LogP contribution is -2.67. The fourth-order valence-corrected chi connectivity index (χ4v) is 3.68. The highest BCUT2D eigenvalue weighted by Gasteiger charge is 2.57. The van der Waals surface area contributed by atoms with Gasteiger partial charge in [-0.25, -0.2) is 0 Å². The molecule has 6 nitrogen and oxygen atoms in total. The summed E-state index contributed by atoms with van der Waals surface area (Å²) in [6, 6.07) is 0.388. The average Bonchev–Trinajstić information content (AvgIpc) is 2.83. The number of nitrogens with zero attached hydrogens (tertiary/aromatic N) is 2. The summed E-state index contributed by atoms with van der Waals surface area (Å²) in [5.74, 6) is 0.183. The van der Waals surface area contributed by atoms with Gasteiger partial charge in [-0.15, -0.1) is 0 Å². The van der Waals surface area contributed by atoms with Gasteiger partial charge in [-0.1, -0.05) is 13.8 Å². The summed E-state index contributed by atoms with van der Waals surface area (Å²) in [5.41, 5.74) is 6.23. The minimum atomic E-state index is -0.385. The first kappa shape index (κ1) is 13.4. The largest absolute Gasteiger partial charge is 0.379 e. The van der Waals surface area contributed by atoms with Crippen LogP contribution in [-0.2, 0) is 16.1 Å². The van der Waals surface area contributed by atoms with Crippen molar-refractivity contribution in [2.75, 3.05) is 11.9 Å². The van der Waals surface area contributed by atoms with Crippen molar-refractivity contribution < 1.29 is 9.53 Å². The van der Waals surface area contributed by atoms with Crippen molar-refractivity contribution in [3.8, 4) is 0 Å². The Kier molecular flexibility index (Phi) is 3.20. The second-order valence-electron chi connectivity index (χ2n) is 6.43. The van der Waals surface area contributed by atoms with Crippen LogP contribution in [0.3, 0.4) is 0 Å². The van der Waals surface area contributed by atoms with Crippen molar-refractivity contribution in [1.29, 1.82) is 0 Å². The third-order valence-corrected chi connectivity index (χ3v) is 4.60. The van der Waals surface area contributed by atoms with Crippen LogP contribution in [0.25, 0.3) is 0 Å². The molecule has 1 saturated carbocycles. The fourth-order valence-electron chi connectivity index (χ4n) is 3.68. The van der Waals surface area contributed by atoms with E-state index in [4.69, 9.17) is 10.5 Å². The van der Waals surface area contributed by atoms with Crippen molar-refractivity contribution in [3.05, 3.63) is 12.4 Å². The molecular formula is C14H22N4O2. The maximum Gasteiger partial charge on any atom is 0.239 e. The number of amides is 1. The van der Waals surface area contributed by atoms with Crippen LogP contribution in [-0.4, -0.2) is 34.4 Å². The van der Waals surface area contributed by atoms with Gasteiger partial charge in [0.05, 0.1) is 18.0 Å². The van der Waals surface area contributed by atoms with Crippen LogP contribution < -0.4 is 11.1 Å². The molecule has 6 heteroatoms. The van der Waals surface area contributed by atoms with Gasteiger partial charge in [0.15, 0.2) is 0 Å². The number of nitrogens with one attached hydrogen (secondary N) is 1. The van der Waals surface area contributed by atoms with Gasteiger partial charge in [0, 0.05) is 30.2 Å². The van der Waals surface area contributed by atoms with E-state index < -0.39 is 0 Å². The summed E-state index contributed by atoms with van der Waals surface area (Å²) in [5, 5.41) is 7.69. The number of ether oxygens (including phenoxy) is 1. The minimum absolute atomic E-state index is 0.116. The maximum absolute atomic E-state index is 10.9. The van der Waals surface area contributed by atoms with Gasteiger partial charge >= 0.3 is 0 Å². The lowest BCUT2D eigenvalue weighted by molar-refractivity contribution is -0.177. The third kappa shape index (κ3) is 2.18. The molecule has 3 atom stereocenters. The Morgan fingerprint density at radius 2 is 2.45 bits per heavy atom. The van der Waals surface area contributed by atoms with Gasteiger partial charge in [0.25, 0.3) is 0 Å². The Bertz CT molecular complexity index is 511. The van der Waals surface area contributed by atoms with Crippen molar-refractivity contribution in [3.63, 3.8) is 0 Å². The molecule has 0 radical (unpaired) electrons. The van der Waals surface area contributed by atoms with E-state index in [2.05, 4.69) is 24.3 Å². The monoisotopic (exact) mass is 278 g/mol. The fraction of sp³-hybridized carbons (Fsp3) is 0.714. The molecule has 3 rings (SSSR count). The molecular weight excluding hydrogens is 256 g/mol. The molecule has 1 saturated heterocycles. The predicted octanol–water partition coefficient (Wildman–Crippen LogP) is 0.984. The molecule has 0 aromatic carbocycles. The highest BCUT2D eigenvalue weighted by molar-refractivity contribution is 5.73. The van der Waals surface area contributed by atoms with Crippen LogP contribution >= 0.6 is 0 Å². The zero-order valence-corrected chi connectivity index (χ0v) is 12.0. The Morgan fingerprint density at radius 3 is 3.20 bits per heavy atom. The summed E-state index contributed by atoms with van der Waals surface area (Å²) < 4.78 is 7.46. The molecule has 20 heavy (non-hydrogen) atoms. The lowest BCUT2D eigenvalue weighted by atomic mass is 9.55. The number of rotatable bonds is 4. The second-order valence-corrected chi connectivity index (χ2v) is 6.43. The van der Waals surface area contributed by atoms with Gasteiger partial charge in [0.1, 0.15) is 6.54 Å². The van der Waals surface area contributed by atoms with Crippen molar-refractivity contribution in [2.45, 2.75) is 45.4 Å². The molecule has 1 aromatic heterocycles. The number of nitrogens with two attached hydrogens (primary N) is 1. The standard InChI is InChI=1S/C14H22N4O2/c1-14(2)12(10-4-3-5-20-13(10)14)17-9-6-16-18(7-9)8-11(15)19/h6-7,10,12-13,17H,3-5,8H2,1-2H3,(H2,15,19). The molecule has 2 fully saturated rings. The van der Waals surface area contributed by atoms with E-state index in [1.165, 1.54) is 6.42 Å². The van der Waals surface area contributed by atoms with Crippen LogP contribution in [0, 0.1) is 11.3 Å². The maximum atomic E-state index is 10.9. The Balaban J connectivity index is 1.68. The molecule has 3 N–H and O–H groups in total. The molecule has 1 aliphatic heterocycles. The first-order chi connectivity index (χ1) is 9.48. The zero-order chi connectivity index (χ0) is 14.3. The summed E-state index contributed by atoms with van der Waals surface area (Å²) >= 11 is 0. The minimum Gasteiger partial charge on any atom is -0.379 e. The number of hydrogen-bond donors (Lipinski definition) is 2. The predicted molar refractivity (Wildman–Crippen MR) is 75.1 cm³/mol. The van der Waals surface area contributed by atoms with Gasteiger partial charge in [-0.3, -0.25) is 9.48 Å². The van der Waals surface area contributed by atoms with E-state index in [9.17, 15) is 4.79 Å². The van der Waals surface area contributed by atoms with E-state index in [1.807, 2.05) is 6.20 Å². The SMILES string of the molecule is CC1(C)C(Nc2cnn(CC(N)=O)c2)C2CCCOC21. The molecule has 2 heterocycles. The van der Waals surface area contributed by atoms with E-state index in [-0.39, 0.29) is 17.9 Å². The van der Waals surface area contributed by atoms with Crippen LogP contribution in [0.2, 0.25) is 0 Å². The molecule has 1 aromatic rings. The van der Waals surface area contributed by atoms with Crippen molar-refractivity contribution in [1.82, 2.24) is 9.78 Å². The number of primary amides is 1. The first-order valence-corrected chi connectivity index (χ1v) is 7.17. The van der Waals surface area contributed by atoms with E-state index in [0.717, 1.165) is 18.7 Å². The molecule has 3 unspecified atom stereocenters. The van der Waals surface area contributed by atoms with Gasteiger partial charge in [0.2, 0.25) is 5.91 Å². The number of hydrogen-bond acceptors (Lipinski definition) is 4. The molecule has 2 aliphatic rings. The Labute approximate surface area is 118 Å². The number of carbonyl (C=O) groups excluding carboxylic acids is 1. The van der Waals surface area contributed by atoms with Crippen LogP contribution in [0.5, 0.6) is 0 Å². The van der Waals surface area contributed by atoms with Crippen LogP contribution in [0.15, 0.2) is 12.4 Å². The number of carbonyl (C=O) groups is 1. The van der Waals surface area contributed by atoms with Crippen molar-refractivity contribution in [2.24, 2.45) is 17.1 Å².